The Hall–Kier alpha value is -5.49. The van der Waals surface area contributed by atoms with Gasteiger partial charge in [-0.1, -0.05) is 139 Å². The maximum absolute atomic E-state index is 14.1. The molecule has 9 aromatic rings. The molecule has 0 unspecified atom stereocenters. The number of aromatic nitrogens is 4. The fourth-order valence-electron chi connectivity index (χ4n) is 7.34. The molecule has 0 aliphatic rings. The predicted octanol–water partition coefficient (Wildman–Crippen LogP) is 13.5. The summed E-state index contributed by atoms with van der Waals surface area (Å²) in [5.41, 5.74) is 10.7. The van der Waals surface area contributed by atoms with Crippen LogP contribution in [0.4, 0.5) is 4.39 Å². The Morgan fingerprint density at radius 1 is 0.772 bits per heavy atom. The van der Waals surface area contributed by atoms with E-state index in [-0.39, 0.29) is 36.6 Å². The third kappa shape index (κ3) is 7.43. The van der Waals surface area contributed by atoms with Crippen LogP contribution in [-0.2, 0) is 25.5 Å². The molecule has 4 heterocycles. The average Bonchev–Trinajstić information content (AvgIpc) is 3.79. The number of fused-ring (bicyclic) bond motifs is 6. The van der Waals surface area contributed by atoms with Crippen molar-refractivity contribution < 1.29 is 33.0 Å². The third-order valence-electron chi connectivity index (χ3n) is 10.3. The van der Waals surface area contributed by atoms with Crippen LogP contribution in [0.3, 0.4) is 0 Å². The van der Waals surface area contributed by atoms with Gasteiger partial charge in [-0.05, 0) is 51.8 Å². The molecule has 289 valence electrons. The summed E-state index contributed by atoms with van der Waals surface area (Å²) in [6, 6.07) is 39.3. The van der Waals surface area contributed by atoms with Crippen LogP contribution < -0.4 is 0 Å². The zero-order chi connectivity index (χ0) is 41.8. The zero-order valence-corrected chi connectivity index (χ0v) is 35.4. The van der Waals surface area contributed by atoms with E-state index < -0.39 is 12.7 Å². The molecule has 0 saturated heterocycles. The Morgan fingerprint density at radius 3 is 2.16 bits per heavy atom. The average molecular weight is 932 g/mol. The Balaban J connectivity index is 0.000000212. The maximum Gasteiger partial charge on any atom is 0.120 e. The van der Waals surface area contributed by atoms with Gasteiger partial charge in [0.15, 0.2) is 0 Å². The van der Waals surface area contributed by atoms with Gasteiger partial charge < -0.3 is 14.0 Å². The molecule has 7 heteroatoms. The van der Waals surface area contributed by atoms with Crippen LogP contribution in [0.25, 0.3) is 72.2 Å². The van der Waals surface area contributed by atoms with E-state index in [4.69, 9.17) is 18.5 Å². The molecule has 0 amide bonds. The summed E-state index contributed by atoms with van der Waals surface area (Å²) in [6.07, 6.45) is 3.68. The minimum atomic E-state index is -2.33. The maximum atomic E-state index is 14.1. The molecule has 0 fully saturated rings. The van der Waals surface area contributed by atoms with Crippen LogP contribution in [0.1, 0.15) is 86.7 Å². The molecule has 0 N–H and O–H groups in total. The number of furan rings is 1. The summed E-state index contributed by atoms with van der Waals surface area (Å²) in [5.74, 6) is 0.846. The second kappa shape index (κ2) is 15.8. The molecule has 0 saturated carbocycles. The molecule has 0 aliphatic heterocycles. The normalized spacial score (nSPS) is 12.8. The van der Waals surface area contributed by atoms with Gasteiger partial charge in [0.2, 0.25) is 0 Å². The summed E-state index contributed by atoms with van der Waals surface area (Å²) in [6.45, 7) is 12.9. The first-order chi connectivity index (χ1) is 28.1. The smallest absolute Gasteiger partial charge is 0.120 e. The van der Waals surface area contributed by atoms with Crippen molar-refractivity contribution in [1.29, 1.82) is 0 Å². The first-order valence-electron chi connectivity index (χ1n) is 20.5. The number of hydrogen-bond acceptors (Lipinski definition) is 4. The first kappa shape index (κ1) is 35.9. The topological polar surface area (TPSA) is 56.7 Å². The first-order valence-corrected chi connectivity index (χ1v) is 19.0. The van der Waals surface area contributed by atoms with E-state index in [2.05, 4.69) is 119 Å². The second-order valence-electron chi connectivity index (χ2n) is 15.9. The van der Waals surface area contributed by atoms with Gasteiger partial charge in [0.1, 0.15) is 5.58 Å². The van der Waals surface area contributed by atoms with Gasteiger partial charge in [0.05, 0.1) is 34.2 Å². The molecule has 5 nitrogen and oxygen atoms in total. The van der Waals surface area contributed by atoms with Crippen molar-refractivity contribution in [2.45, 2.75) is 72.6 Å². The van der Waals surface area contributed by atoms with E-state index in [0.717, 1.165) is 66.9 Å². The van der Waals surface area contributed by atoms with Crippen LogP contribution in [0.2, 0.25) is 0 Å². The Kier molecular flexibility index (Phi) is 9.95. The fraction of sp³-hybridized carbons (Fsp3) is 0.220. The number of benzene rings is 5. The Labute approximate surface area is 351 Å². The third-order valence-corrected chi connectivity index (χ3v) is 10.3. The van der Waals surface area contributed by atoms with Gasteiger partial charge in [-0.2, -0.15) is 0 Å². The summed E-state index contributed by atoms with van der Waals surface area (Å²) in [7, 11) is 0. The van der Waals surface area contributed by atoms with Crippen molar-refractivity contribution in [2.24, 2.45) is 0 Å². The molecular weight excluding hydrogens is 884 g/mol. The number of pyridine rings is 2. The monoisotopic (exact) mass is 932 g/mol. The number of hydrogen-bond donors (Lipinski definition) is 0. The van der Waals surface area contributed by atoms with Crippen molar-refractivity contribution in [1.82, 2.24) is 19.5 Å². The summed E-state index contributed by atoms with van der Waals surface area (Å²) < 4.78 is 44.7. The van der Waals surface area contributed by atoms with Crippen LogP contribution in [0.5, 0.6) is 0 Å². The van der Waals surface area contributed by atoms with E-state index in [1.165, 1.54) is 22.9 Å². The van der Waals surface area contributed by atoms with E-state index in [1.54, 1.807) is 12.3 Å². The molecule has 1 radical (unpaired) electrons. The Bertz CT molecular complexity index is 2970. The molecule has 0 aliphatic carbocycles. The molecule has 0 spiro atoms. The van der Waals surface area contributed by atoms with Crippen molar-refractivity contribution in [3.63, 3.8) is 0 Å². The predicted molar refractivity (Wildman–Crippen MR) is 228 cm³/mol. The second-order valence-corrected chi connectivity index (χ2v) is 15.9. The molecule has 0 atom stereocenters. The number of imidazole rings is 1. The number of nitrogens with zero attached hydrogens (tertiary/aromatic N) is 4. The minimum absolute atomic E-state index is 0. The standard InChI is InChI=1S/C34H28N3O.C16H17FN.Ir/c1-20(2)22-13-9-14-23(21(3)4)32(22)37-29-19-35-28-17-7-5-12-26(28)31(29)36-34(37)27-16-10-15-25-24-11-6-8-18-30(24)38-33(25)27;1-11-5-7-13(14(17)9-11)15-8-6-12(10-18-15)16(2,3)4;/h5-15,17-21H,1-4H3;5-6,8-10H,1-4H3;/q2*-1;/i;1D3;. The van der Waals surface area contributed by atoms with E-state index in [9.17, 15) is 4.39 Å². The van der Waals surface area contributed by atoms with E-state index >= 15 is 0 Å². The van der Waals surface area contributed by atoms with Crippen LogP contribution >= 0.6 is 0 Å². The Morgan fingerprint density at radius 2 is 1.49 bits per heavy atom. The summed E-state index contributed by atoms with van der Waals surface area (Å²) in [4.78, 5) is 14.5. The van der Waals surface area contributed by atoms with Crippen molar-refractivity contribution in [2.75, 3.05) is 0 Å². The number of rotatable bonds is 5. The van der Waals surface area contributed by atoms with Crippen molar-refractivity contribution >= 4 is 43.9 Å². The van der Waals surface area contributed by atoms with E-state index in [1.807, 2.05) is 42.6 Å². The molecule has 5 aromatic carbocycles. The van der Waals surface area contributed by atoms with E-state index in [0.29, 0.717) is 17.5 Å². The van der Waals surface area contributed by atoms with Crippen molar-refractivity contribution in [3.8, 4) is 28.3 Å². The molecular formula is C50H45FIrN4O-2. The quantitative estimate of drug-likeness (QED) is 0.161. The van der Waals surface area contributed by atoms with Gasteiger partial charge in [-0.3, -0.25) is 14.4 Å². The largest absolute Gasteiger partial charge is 0.501 e. The SMILES string of the molecule is CC(C)c1cccc(C(C)C)c1-n1c(-c2[c-]ccc3c2oc2ccccc23)nc2c3ccccc3ncc21.[2H]C([2H])([2H])c1c[c-]c(-c2ccc(C(C)(C)C)cn2)c(F)c1.[Ir]. The number of aryl methyl sites for hydroxylation is 1. The van der Waals surface area contributed by atoms with Gasteiger partial charge in [-0.25, -0.2) is 0 Å². The summed E-state index contributed by atoms with van der Waals surface area (Å²) in [5, 5.41) is 3.20. The minimum Gasteiger partial charge on any atom is -0.501 e. The fourth-order valence-corrected chi connectivity index (χ4v) is 7.34. The summed E-state index contributed by atoms with van der Waals surface area (Å²) >= 11 is 0. The van der Waals surface area contributed by atoms with Gasteiger partial charge in [0.25, 0.3) is 0 Å². The van der Waals surface area contributed by atoms with Crippen LogP contribution in [-0.4, -0.2) is 19.5 Å². The number of halogens is 1. The van der Waals surface area contributed by atoms with Crippen molar-refractivity contribution in [3.05, 3.63) is 156 Å². The van der Waals surface area contributed by atoms with Gasteiger partial charge >= 0.3 is 0 Å². The molecule has 4 aromatic heterocycles. The molecule has 9 rings (SSSR count). The van der Waals surface area contributed by atoms with Crippen LogP contribution in [0, 0.1) is 24.8 Å². The molecule has 0 bridgehead atoms. The van der Waals surface area contributed by atoms with Crippen LogP contribution in [0.15, 0.2) is 120 Å². The molecule has 57 heavy (non-hydrogen) atoms. The zero-order valence-electron chi connectivity index (χ0n) is 36.0. The number of para-hydroxylation sites is 3. The van der Waals surface area contributed by atoms with Gasteiger partial charge in [-0.15, -0.1) is 42.0 Å². The van der Waals surface area contributed by atoms with Gasteiger partial charge in [0, 0.05) is 52.7 Å².